The Kier molecular flexibility index (Phi) is 7.45. The van der Waals surface area contributed by atoms with Gasteiger partial charge in [-0.2, -0.15) is 0 Å². The molecule has 8 heteroatoms. The normalized spacial score (nSPS) is 22.9. The number of Topliss-reactive ketones (excluding diaryl/α,β-unsaturated/α-hetero) is 1. The molecule has 1 aliphatic carbocycles. The third-order valence-electron chi connectivity index (χ3n) is 5.81. The topological polar surface area (TPSA) is 90.9 Å². The van der Waals surface area contributed by atoms with Gasteiger partial charge in [0.25, 0.3) is 0 Å². The summed E-state index contributed by atoms with van der Waals surface area (Å²) in [6.45, 7) is 6.13. The van der Waals surface area contributed by atoms with Crippen LogP contribution in [0.2, 0.25) is 0 Å². The van der Waals surface area contributed by atoms with E-state index in [2.05, 4.69) is 5.32 Å². The summed E-state index contributed by atoms with van der Waals surface area (Å²) in [5.41, 5.74) is 2.06. The van der Waals surface area contributed by atoms with Gasteiger partial charge in [-0.05, 0) is 43.9 Å². The number of carbonyl (C=O) groups is 3. The van der Waals surface area contributed by atoms with Crippen LogP contribution in [0.4, 0.5) is 4.39 Å². The molecule has 1 heterocycles. The van der Waals surface area contributed by atoms with Crippen molar-refractivity contribution in [2.45, 2.75) is 33.1 Å². The van der Waals surface area contributed by atoms with E-state index in [9.17, 15) is 18.8 Å². The van der Waals surface area contributed by atoms with E-state index in [4.69, 9.17) is 14.2 Å². The van der Waals surface area contributed by atoms with Crippen molar-refractivity contribution in [2.75, 3.05) is 26.9 Å². The van der Waals surface area contributed by atoms with Crippen molar-refractivity contribution in [3.8, 4) is 0 Å². The zero-order valence-corrected chi connectivity index (χ0v) is 18.7. The molecule has 3 atom stereocenters. The average molecular weight is 445 g/mol. The van der Waals surface area contributed by atoms with E-state index in [-0.39, 0.29) is 30.3 Å². The van der Waals surface area contributed by atoms with E-state index in [0.29, 0.717) is 30.0 Å². The molecule has 1 aromatic carbocycles. The van der Waals surface area contributed by atoms with Gasteiger partial charge in [0.1, 0.15) is 18.3 Å². The maximum absolute atomic E-state index is 14.1. The second-order valence-electron chi connectivity index (χ2n) is 7.92. The van der Waals surface area contributed by atoms with E-state index in [0.717, 1.165) is 0 Å². The lowest BCUT2D eigenvalue weighted by Gasteiger charge is -2.38. The van der Waals surface area contributed by atoms with Crippen LogP contribution in [0.15, 0.2) is 46.8 Å². The first-order valence-electron chi connectivity index (χ1n) is 10.6. The van der Waals surface area contributed by atoms with Gasteiger partial charge in [0, 0.05) is 29.5 Å². The molecule has 0 spiro atoms. The van der Waals surface area contributed by atoms with Gasteiger partial charge in [0.2, 0.25) is 0 Å². The van der Waals surface area contributed by atoms with Crippen molar-refractivity contribution in [1.82, 2.24) is 5.32 Å². The minimum Gasteiger partial charge on any atom is -0.468 e. The van der Waals surface area contributed by atoms with Crippen LogP contribution in [0.5, 0.6) is 0 Å². The number of halogens is 1. The quantitative estimate of drug-likeness (QED) is 0.392. The smallest absolute Gasteiger partial charge is 0.336 e. The van der Waals surface area contributed by atoms with Gasteiger partial charge in [-0.1, -0.05) is 19.1 Å². The van der Waals surface area contributed by atoms with Gasteiger partial charge < -0.3 is 19.5 Å². The van der Waals surface area contributed by atoms with Crippen molar-refractivity contribution in [1.29, 1.82) is 0 Å². The van der Waals surface area contributed by atoms with Crippen LogP contribution in [-0.4, -0.2) is 44.7 Å². The molecular weight excluding hydrogens is 417 g/mol. The van der Waals surface area contributed by atoms with Gasteiger partial charge in [0.05, 0.1) is 19.3 Å². The third kappa shape index (κ3) is 4.60. The number of hydrogen-bond donors (Lipinski definition) is 1. The molecule has 3 rings (SSSR count). The number of dihydropyridines is 1. The summed E-state index contributed by atoms with van der Waals surface area (Å²) in [4.78, 5) is 39.0. The number of ketones is 1. The monoisotopic (exact) mass is 445 g/mol. The van der Waals surface area contributed by atoms with Crippen LogP contribution in [0.3, 0.4) is 0 Å². The highest BCUT2D eigenvalue weighted by Gasteiger charge is 2.47. The zero-order chi connectivity index (χ0) is 23.4. The van der Waals surface area contributed by atoms with Crippen LogP contribution >= 0.6 is 0 Å². The fraction of sp³-hybridized carbons (Fsp3) is 0.458. The van der Waals surface area contributed by atoms with E-state index in [1.807, 2.05) is 6.92 Å². The lowest BCUT2D eigenvalue weighted by atomic mass is 9.69. The summed E-state index contributed by atoms with van der Waals surface area (Å²) >= 11 is 0. The Morgan fingerprint density at radius 2 is 2.00 bits per heavy atom. The number of rotatable bonds is 7. The lowest BCUT2D eigenvalue weighted by Crippen LogP contribution is -2.43. The van der Waals surface area contributed by atoms with Crippen molar-refractivity contribution >= 4 is 17.7 Å². The number of esters is 2. The van der Waals surface area contributed by atoms with E-state index in [1.165, 1.54) is 25.3 Å². The molecule has 7 nitrogen and oxygen atoms in total. The Balaban J connectivity index is 2.07. The van der Waals surface area contributed by atoms with Crippen molar-refractivity contribution in [2.24, 2.45) is 11.8 Å². The Hall–Kier alpha value is -3.00. The average Bonchev–Trinajstić information content (AvgIpc) is 2.75. The summed E-state index contributed by atoms with van der Waals surface area (Å²) in [7, 11) is 1.24. The molecular formula is C24H28FNO6. The number of allylic oxidation sites excluding steroid dienone is 3. The van der Waals surface area contributed by atoms with Gasteiger partial charge in [-0.25, -0.2) is 9.18 Å². The van der Waals surface area contributed by atoms with Crippen LogP contribution in [0.25, 0.3) is 0 Å². The molecule has 32 heavy (non-hydrogen) atoms. The number of methoxy groups -OCH3 is 1. The maximum Gasteiger partial charge on any atom is 0.336 e. The molecule has 2 aliphatic rings. The van der Waals surface area contributed by atoms with E-state index >= 15 is 0 Å². The summed E-state index contributed by atoms with van der Waals surface area (Å²) in [6, 6.07) is 5.76. The molecule has 1 aromatic rings. The minimum atomic E-state index is -0.995. The molecule has 1 N–H and O–H groups in total. The molecule has 0 radical (unpaired) electrons. The third-order valence-corrected chi connectivity index (χ3v) is 5.81. The van der Waals surface area contributed by atoms with Crippen LogP contribution < -0.4 is 5.32 Å². The summed E-state index contributed by atoms with van der Waals surface area (Å²) in [5.74, 6) is -4.33. The van der Waals surface area contributed by atoms with Crippen molar-refractivity contribution in [3.63, 3.8) is 0 Å². The predicted molar refractivity (Wildman–Crippen MR) is 114 cm³/mol. The number of hydrogen-bond acceptors (Lipinski definition) is 7. The molecule has 0 fully saturated rings. The second kappa shape index (κ2) is 10.1. The Morgan fingerprint density at radius 3 is 2.66 bits per heavy atom. The van der Waals surface area contributed by atoms with Crippen molar-refractivity contribution < 1.29 is 33.0 Å². The molecule has 172 valence electrons. The van der Waals surface area contributed by atoms with Crippen molar-refractivity contribution in [3.05, 3.63) is 58.2 Å². The summed E-state index contributed by atoms with van der Waals surface area (Å²) in [5, 5.41) is 3.16. The van der Waals surface area contributed by atoms with E-state index in [1.54, 1.807) is 19.9 Å². The zero-order valence-electron chi connectivity index (χ0n) is 18.7. The van der Waals surface area contributed by atoms with Gasteiger partial charge >= 0.3 is 11.9 Å². The van der Waals surface area contributed by atoms with Gasteiger partial charge in [-0.15, -0.1) is 0 Å². The molecule has 0 bridgehead atoms. The van der Waals surface area contributed by atoms with Crippen LogP contribution in [-0.2, 0) is 28.6 Å². The van der Waals surface area contributed by atoms with Gasteiger partial charge in [-0.3, -0.25) is 9.59 Å². The SMILES string of the molecule is CCOCCOC(=O)C1=C(C)NC2=C(C(=O)[C@@H](C(=O)OC)[C@H](C)C2)[C@H]1c1cccc(F)c1. The second-order valence-corrected chi connectivity index (χ2v) is 7.92. The Bertz CT molecular complexity index is 982. The Morgan fingerprint density at radius 1 is 1.25 bits per heavy atom. The molecule has 0 saturated heterocycles. The minimum absolute atomic E-state index is 0.0427. The number of ether oxygens (including phenoxy) is 3. The molecule has 1 aliphatic heterocycles. The number of carbonyl (C=O) groups excluding carboxylic acids is 3. The molecule has 0 aromatic heterocycles. The van der Waals surface area contributed by atoms with Crippen LogP contribution in [0.1, 0.15) is 38.7 Å². The fourth-order valence-corrected chi connectivity index (χ4v) is 4.39. The first-order valence-corrected chi connectivity index (χ1v) is 10.6. The molecule has 0 saturated carbocycles. The first kappa shape index (κ1) is 23.7. The van der Waals surface area contributed by atoms with E-state index < -0.39 is 35.4 Å². The predicted octanol–water partition coefficient (Wildman–Crippen LogP) is 3.02. The summed E-state index contributed by atoms with van der Waals surface area (Å²) < 4.78 is 29.6. The largest absolute Gasteiger partial charge is 0.468 e. The Labute approximate surface area is 186 Å². The number of benzene rings is 1. The molecule has 0 unspecified atom stereocenters. The summed E-state index contributed by atoms with van der Waals surface area (Å²) in [6.07, 6.45) is 0.413. The highest BCUT2D eigenvalue weighted by molar-refractivity contribution is 6.12. The van der Waals surface area contributed by atoms with Crippen LogP contribution in [0, 0.1) is 17.7 Å². The number of nitrogens with one attached hydrogen (secondary N) is 1. The fourth-order valence-electron chi connectivity index (χ4n) is 4.39. The molecule has 0 amide bonds. The standard InChI is InChI=1S/C24H28FNO6/c1-5-31-9-10-32-24(29)19-14(3)26-17-11-13(2)18(23(28)30-4)22(27)21(17)20(19)15-7-6-8-16(25)12-15/h6-8,12-13,18,20,26H,5,9-11H2,1-4H3/t13-,18+,20+/m1/s1. The lowest BCUT2D eigenvalue weighted by molar-refractivity contribution is -0.151. The first-order chi connectivity index (χ1) is 15.3. The highest BCUT2D eigenvalue weighted by Crippen LogP contribution is 2.45. The highest BCUT2D eigenvalue weighted by atomic mass is 19.1. The maximum atomic E-state index is 14.1. The van der Waals surface area contributed by atoms with Gasteiger partial charge in [0.15, 0.2) is 5.78 Å².